The summed E-state index contributed by atoms with van der Waals surface area (Å²) in [7, 11) is 4.08. The molecule has 1 saturated carbocycles. The molecule has 4 rings (SSSR count). The molecule has 5 heteroatoms. The van der Waals surface area contributed by atoms with E-state index in [0.717, 1.165) is 42.1 Å². The van der Waals surface area contributed by atoms with Crippen LogP contribution in [0.1, 0.15) is 63.9 Å². The lowest BCUT2D eigenvalue weighted by Gasteiger charge is -2.30. The second-order valence-electron chi connectivity index (χ2n) is 10.0. The number of fused-ring (bicyclic) bond motifs is 1. The summed E-state index contributed by atoms with van der Waals surface area (Å²) in [5, 5.41) is 8.59. The van der Waals surface area contributed by atoms with Gasteiger partial charge >= 0.3 is 0 Å². The van der Waals surface area contributed by atoms with Gasteiger partial charge in [0.2, 0.25) is 5.95 Å². The Morgan fingerprint density at radius 1 is 0.914 bits per heavy atom. The molecule has 2 aromatic carbocycles. The smallest absolute Gasteiger partial charge is 0.225 e. The SMILES string of the molecule is CCCCCC(=Cc1ccccc1)CNC1CCC(Nc2nc(N(C)C)c3ccccc3n2)CC1. The van der Waals surface area contributed by atoms with Gasteiger partial charge in [0, 0.05) is 38.1 Å². The molecule has 0 amide bonds. The van der Waals surface area contributed by atoms with Gasteiger partial charge in [-0.05, 0) is 56.2 Å². The van der Waals surface area contributed by atoms with Crippen LogP contribution in [-0.2, 0) is 0 Å². The molecule has 1 aliphatic carbocycles. The molecule has 0 atom stereocenters. The van der Waals surface area contributed by atoms with E-state index in [2.05, 4.69) is 71.0 Å². The van der Waals surface area contributed by atoms with Crippen LogP contribution in [0.2, 0.25) is 0 Å². The van der Waals surface area contributed by atoms with Crippen molar-refractivity contribution in [3.05, 3.63) is 65.7 Å². The van der Waals surface area contributed by atoms with Crippen molar-refractivity contribution in [1.29, 1.82) is 0 Å². The summed E-state index contributed by atoms with van der Waals surface area (Å²) in [6.07, 6.45) is 12.0. The zero-order chi connectivity index (χ0) is 24.5. The van der Waals surface area contributed by atoms with Crippen molar-refractivity contribution in [2.75, 3.05) is 30.9 Å². The van der Waals surface area contributed by atoms with Crippen LogP contribution in [0.3, 0.4) is 0 Å². The van der Waals surface area contributed by atoms with Crippen LogP contribution in [0.5, 0.6) is 0 Å². The summed E-state index contributed by atoms with van der Waals surface area (Å²) in [4.78, 5) is 11.7. The van der Waals surface area contributed by atoms with E-state index in [0.29, 0.717) is 12.1 Å². The zero-order valence-electron chi connectivity index (χ0n) is 21.6. The number of benzene rings is 2. The van der Waals surface area contributed by atoms with Crippen molar-refractivity contribution in [3.8, 4) is 0 Å². The van der Waals surface area contributed by atoms with Crippen molar-refractivity contribution in [3.63, 3.8) is 0 Å². The minimum atomic E-state index is 0.424. The molecule has 0 unspecified atom stereocenters. The van der Waals surface area contributed by atoms with Gasteiger partial charge in [0.25, 0.3) is 0 Å². The first-order valence-electron chi connectivity index (χ1n) is 13.3. The van der Waals surface area contributed by atoms with Crippen molar-refractivity contribution < 1.29 is 0 Å². The number of hydrogen-bond acceptors (Lipinski definition) is 5. The predicted octanol–water partition coefficient (Wildman–Crippen LogP) is 6.67. The van der Waals surface area contributed by atoms with Gasteiger partial charge < -0.3 is 15.5 Å². The van der Waals surface area contributed by atoms with E-state index in [4.69, 9.17) is 9.97 Å². The van der Waals surface area contributed by atoms with Gasteiger partial charge in [-0.2, -0.15) is 4.98 Å². The highest BCUT2D eigenvalue weighted by atomic mass is 15.2. The van der Waals surface area contributed by atoms with Gasteiger partial charge in [-0.25, -0.2) is 4.98 Å². The molecule has 5 nitrogen and oxygen atoms in total. The first kappa shape index (κ1) is 25.2. The lowest BCUT2D eigenvalue weighted by atomic mass is 9.91. The number of aromatic nitrogens is 2. The molecule has 0 spiro atoms. The topological polar surface area (TPSA) is 53.1 Å². The van der Waals surface area contributed by atoms with E-state index >= 15 is 0 Å². The molecule has 0 aliphatic heterocycles. The average Bonchev–Trinajstić information content (AvgIpc) is 2.88. The molecular weight excluding hydrogens is 430 g/mol. The van der Waals surface area contributed by atoms with Gasteiger partial charge in [-0.3, -0.25) is 0 Å². The highest BCUT2D eigenvalue weighted by molar-refractivity contribution is 5.90. The number of hydrogen-bond donors (Lipinski definition) is 2. The minimum absolute atomic E-state index is 0.424. The Morgan fingerprint density at radius 3 is 2.37 bits per heavy atom. The highest BCUT2D eigenvalue weighted by Crippen LogP contribution is 2.26. The summed E-state index contributed by atoms with van der Waals surface area (Å²) in [6, 6.07) is 20.0. The number of rotatable bonds is 11. The summed E-state index contributed by atoms with van der Waals surface area (Å²) in [5.41, 5.74) is 3.82. The molecule has 2 N–H and O–H groups in total. The van der Waals surface area contributed by atoms with Crippen LogP contribution >= 0.6 is 0 Å². The largest absolute Gasteiger partial charge is 0.362 e. The van der Waals surface area contributed by atoms with Crippen LogP contribution in [0, 0.1) is 0 Å². The van der Waals surface area contributed by atoms with Crippen molar-refractivity contribution in [1.82, 2.24) is 15.3 Å². The average molecular weight is 472 g/mol. The molecule has 1 aromatic heterocycles. The molecule has 1 heterocycles. The van der Waals surface area contributed by atoms with Crippen LogP contribution in [0.4, 0.5) is 11.8 Å². The molecular formula is C30H41N5. The van der Waals surface area contributed by atoms with Crippen LogP contribution < -0.4 is 15.5 Å². The summed E-state index contributed by atoms with van der Waals surface area (Å²) >= 11 is 0. The van der Waals surface area contributed by atoms with E-state index in [1.165, 1.54) is 49.7 Å². The Balaban J connectivity index is 1.31. The van der Waals surface area contributed by atoms with Gasteiger partial charge in [0.15, 0.2) is 0 Å². The zero-order valence-corrected chi connectivity index (χ0v) is 21.6. The number of nitrogens with zero attached hydrogens (tertiary/aromatic N) is 3. The Morgan fingerprint density at radius 2 is 1.63 bits per heavy atom. The minimum Gasteiger partial charge on any atom is -0.362 e. The predicted molar refractivity (Wildman–Crippen MR) is 150 cm³/mol. The van der Waals surface area contributed by atoms with Gasteiger partial charge in [0.1, 0.15) is 5.82 Å². The van der Waals surface area contributed by atoms with Crippen molar-refractivity contribution in [2.45, 2.75) is 70.4 Å². The summed E-state index contributed by atoms with van der Waals surface area (Å²) in [5.74, 6) is 1.71. The quantitative estimate of drug-likeness (QED) is 0.306. The van der Waals surface area contributed by atoms with Crippen molar-refractivity contribution in [2.24, 2.45) is 0 Å². The fourth-order valence-electron chi connectivity index (χ4n) is 4.96. The number of anilines is 2. The van der Waals surface area contributed by atoms with Crippen molar-refractivity contribution >= 4 is 28.7 Å². The summed E-state index contributed by atoms with van der Waals surface area (Å²) in [6.45, 7) is 3.26. The lowest BCUT2D eigenvalue weighted by Crippen LogP contribution is -2.38. The third-order valence-electron chi connectivity index (χ3n) is 6.96. The molecule has 3 aromatic rings. The van der Waals surface area contributed by atoms with Gasteiger partial charge in [-0.15, -0.1) is 0 Å². The molecule has 1 aliphatic rings. The first-order valence-corrected chi connectivity index (χ1v) is 13.3. The van der Waals surface area contributed by atoms with E-state index < -0.39 is 0 Å². The summed E-state index contributed by atoms with van der Waals surface area (Å²) < 4.78 is 0. The fraction of sp³-hybridized carbons (Fsp3) is 0.467. The highest BCUT2D eigenvalue weighted by Gasteiger charge is 2.22. The monoisotopic (exact) mass is 471 g/mol. The maximum absolute atomic E-state index is 4.83. The molecule has 0 radical (unpaired) electrons. The van der Waals surface area contributed by atoms with E-state index in [1.54, 1.807) is 0 Å². The standard InChI is InChI=1S/C30H41N5/c1-4-5-7-14-24(21-23-12-8-6-9-13-23)22-31-25-17-19-26(20-18-25)32-30-33-28-16-11-10-15-27(28)29(34-30)35(2)3/h6,8-13,15-16,21,25-26,31H,4-5,7,14,17-20,22H2,1-3H3,(H,32,33,34). The Hall–Kier alpha value is -2.92. The Kier molecular flexibility index (Phi) is 9.13. The van der Waals surface area contributed by atoms with Gasteiger partial charge in [0.05, 0.1) is 5.52 Å². The molecule has 35 heavy (non-hydrogen) atoms. The molecule has 186 valence electrons. The maximum Gasteiger partial charge on any atom is 0.225 e. The lowest BCUT2D eigenvalue weighted by molar-refractivity contribution is 0.360. The second-order valence-corrected chi connectivity index (χ2v) is 10.0. The normalized spacial score (nSPS) is 18.5. The Labute approximate surface area is 211 Å². The number of nitrogens with one attached hydrogen (secondary N) is 2. The maximum atomic E-state index is 4.83. The van der Waals surface area contributed by atoms with E-state index in [-0.39, 0.29) is 0 Å². The van der Waals surface area contributed by atoms with E-state index in [9.17, 15) is 0 Å². The number of unbranched alkanes of at least 4 members (excludes halogenated alkanes) is 2. The van der Waals surface area contributed by atoms with E-state index in [1.807, 2.05) is 26.2 Å². The fourth-order valence-corrected chi connectivity index (χ4v) is 4.96. The molecule has 0 saturated heterocycles. The first-order chi connectivity index (χ1) is 17.1. The third kappa shape index (κ3) is 7.28. The Bertz CT molecular complexity index is 1080. The van der Waals surface area contributed by atoms with Gasteiger partial charge in [-0.1, -0.05) is 73.9 Å². The van der Waals surface area contributed by atoms with Crippen LogP contribution in [-0.4, -0.2) is 42.7 Å². The van der Waals surface area contributed by atoms with Crippen LogP contribution in [0.25, 0.3) is 17.0 Å². The molecule has 0 bridgehead atoms. The second kappa shape index (κ2) is 12.7. The molecule has 1 fully saturated rings. The van der Waals surface area contributed by atoms with Crippen LogP contribution in [0.15, 0.2) is 60.2 Å². The number of para-hydroxylation sites is 1. The third-order valence-corrected chi connectivity index (χ3v) is 6.96.